The summed E-state index contributed by atoms with van der Waals surface area (Å²) in [6.45, 7) is 0.00296. The second-order valence-electron chi connectivity index (χ2n) is 3.61. The SMILES string of the molecule is NC(=O)c1nc(Cc2ccccc2CO)cs1. The zero-order valence-corrected chi connectivity index (χ0v) is 9.91. The first-order chi connectivity index (χ1) is 8.20. The third-order valence-electron chi connectivity index (χ3n) is 2.42. The molecule has 0 aliphatic carbocycles. The molecule has 0 aliphatic rings. The van der Waals surface area contributed by atoms with Gasteiger partial charge in [0.1, 0.15) is 0 Å². The summed E-state index contributed by atoms with van der Waals surface area (Å²) in [7, 11) is 0. The molecule has 1 heterocycles. The van der Waals surface area contributed by atoms with Crippen LogP contribution in [0.25, 0.3) is 0 Å². The molecule has 0 aliphatic heterocycles. The number of carbonyl (C=O) groups is 1. The van der Waals surface area contributed by atoms with E-state index in [0.29, 0.717) is 11.4 Å². The number of aliphatic hydroxyl groups excluding tert-OH is 1. The monoisotopic (exact) mass is 248 g/mol. The van der Waals surface area contributed by atoms with Gasteiger partial charge in [-0.05, 0) is 11.1 Å². The van der Waals surface area contributed by atoms with Crippen LogP contribution in [-0.2, 0) is 13.0 Å². The fourth-order valence-electron chi connectivity index (χ4n) is 1.58. The lowest BCUT2D eigenvalue weighted by molar-refractivity contribution is 0.1000. The Morgan fingerprint density at radius 1 is 1.35 bits per heavy atom. The number of aromatic nitrogens is 1. The zero-order chi connectivity index (χ0) is 12.3. The molecule has 0 saturated heterocycles. The van der Waals surface area contributed by atoms with Gasteiger partial charge in [0.15, 0.2) is 5.01 Å². The molecule has 0 saturated carbocycles. The van der Waals surface area contributed by atoms with Crippen molar-refractivity contribution in [2.24, 2.45) is 5.73 Å². The summed E-state index contributed by atoms with van der Waals surface area (Å²) in [4.78, 5) is 15.1. The molecular weight excluding hydrogens is 236 g/mol. The first-order valence-electron chi connectivity index (χ1n) is 5.12. The van der Waals surface area contributed by atoms with Crippen LogP contribution in [0.5, 0.6) is 0 Å². The molecule has 0 spiro atoms. The lowest BCUT2D eigenvalue weighted by Gasteiger charge is -2.04. The van der Waals surface area contributed by atoms with Gasteiger partial charge >= 0.3 is 0 Å². The van der Waals surface area contributed by atoms with Crippen molar-refractivity contribution in [2.75, 3.05) is 0 Å². The summed E-state index contributed by atoms with van der Waals surface area (Å²) in [5.41, 5.74) is 7.83. The van der Waals surface area contributed by atoms with E-state index < -0.39 is 5.91 Å². The Bertz CT molecular complexity index is 537. The van der Waals surface area contributed by atoms with E-state index in [9.17, 15) is 9.90 Å². The maximum absolute atomic E-state index is 10.9. The average molecular weight is 248 g/mol. The fraction of sp³-hybridized carbons (Fsp3) is 0.167. The fourth-order valence-corrected chi connectivity index (χ4v) is 2.25. The standard InChI is InChI=1S/C12H12N2O2S/c13-11(16)12-14-10(7-17-12)5-8-3-1-2-4-9(8)6-15/h1-4,7,15H,5-6H2,(H2,13,16). The molecule has 4 nitrogen and oxygen atoms in total. The van der Waals surface area contributed by atoms with Gasteiger partial charge in [-0.15, -0.1) is 11.3 Å². The Kier molecular flexibility index (Phi) is 3.51. The smallest absolute Gasteiger partial charge is 0.277 e. The zero-order valence-electron chi connectivity index (χ0n) is 9.09. The number of nitrogens with zero attached hydrogens (tertiary/aromatic N) is 1. The highest BCUT2D eigenvalue weighted by Crippen LogP contribution is 2.16. The van der Waals surface area contributed by atoms with Gasteiger partial charge in [-0.25, -0.2) is 4.98 Å². The predicted molar refractivity (Wildman–Crippen MR) is 65.8 cm³/mol. The predicted octanol–water partition coefficient (Wildman–Crippen LogP) is 1.33. The first-order valence-corrected chi connectivity index (χ1v) is 6.00. The van der Waals surface area contributed by atoms with E-state index in [-0.39, 0.29) is 6.61 Å². The van der Waals surface area contributed by atoms with E-state index in [4.69, 9.17) is 5.73 Å². The number of carbonyl (C=O) groups excluding carboxylic acids is 1. The first kappa shape index (κ1) is 11.8. The molecular formula is C12H12N2O2S. The van der Waals surface area contributed by atoms with E-state index in [1.165, 1.54) is 11.3 Å². The van der Waals surface area contributed by atoms with E-state index in [2.05, 4.69) is 4.98 Å². The van der Waals surface area contributed by atoms with Crippen LogP contribution in [0, 0.1) is 0 Å². The van der Waals surface area contributed by atoms with Crippen LogP contribution in [0.1, 0.15) is 26.6 Å². The van der Waals surface area contributed by atoms with Crippen LogP contribution >= 0.6 is 11.3 Å². The highest BCUT2D eigenvalue weighted by Gasteiger charge is 2.09. The molecule has 1 amide bonds. The molecule has 1 aromatic carbocycles. The van der Waals surface area contributed by atoms with E-state index in [1.54, 1.807) is 0 Å². The minimum Gasteiger partial charge on any atom is -0.392 e. The number of amides is 1. The number of hydrogen-bond donors (Lipinski definition) is 2. The quantitative estimate of drug-likeness (QED) is 0.857. The number of nitrogens with two attached hydrogens (primary N) is 1. The molecule has 0 unspecified atom stereocenters. The van der Waals surface area contributed by atoms with Gasteiger partial charge in [-0.2, -0.15) is 0 Å². The molecule has 0 fully saturated rings. The van der Waals surface area contributed by atoms with Gasteiger partial charge in [-0.1, -0.05) is 24.3 Å². The van der Waals surface area contributed by atoms with Crippen molar-refractivity contribution in [1.82, 2.24) is 4.98 Å². The van der Waals surface area contributed by atoms with Crippen LogP contribution in [0.3, 0.4) is 0 Å². The van der Waals surface area contributed by atoms with E-state index in [1.807, 2.05) is 29.6 Å². The minimum atomic E-state index is -0.503. The molecule has 2 aromatic rings. The third kappa shape index (κ3) is 2.69. The minimum absolute atomic E-state index is 0.00296. The molecule has 2 rings (SSSR count). The molecule has 0 bridgehead atoms. The molecule has 0 radical (unpaired) electrons. The number of aliphatic hydroxyl groups is 1. The lowest BCUT2D eigenvalue weighted by atomic mass is 10.0. The van der Waals surface area contributed by atoms with Crippen molar-refractivity contribution in [2.45, 2.75) is 13.0 Å². The van der Waals surface area contributed by atoms with E-state index >= 15 is 0 Å². The second kappa shape index (κ2) is 5.07. The number of hydrogen-bond acceptors (Lipinski definition) is 4. The number of primary amides is 1. The summed E-state index contributed by atoms with van der Waals surface area (Å²) < 4.78 is 0. The summed E-state index contributed by atoms with van der Waals surface area (Å²) in [6.07, 6.45) is 0.598. The average Bonchev–Trinajstić information content (AvgIpc) is 2.78. The largest absolute Gasteiger partial charge is 0.392 e. The summed E-state index contributed by atoms with van der Waals surface area (Å²) in [5.74, 6) is -0.503. The summed E-state index contributed by atoms with van der Waals surface area (Å²) in [6, 6.07) is 7.60. The number of benzene rings is 1. The van der Waals surface area contributed by atoms with Crippen molar-refractivity contribution in [1.29, 1.82) is 0 Å². The van der Waals surface area contributed by atoms with Gasteiger partial charge in [0, 0.05) is 11.8 Å². The van der Waals surface area contributed by atoms with Crippen LogP contribution in [-0.4, -0.2) is 16.0 Å². The molecule has 17 heavy (non-hydrogen) atoms. The molecule has 1 aromatic heterocycles. The van der Waals surface area contributed by atoms with Gasteiger partial charge in [0.25, 0.3) is 5.91 Å². The summed E-state index contributed by atoms with van der Waals surface area (Å²) >= 11 is 1.24. The molecule has 5 heteroatoms. The van der Waals surface area contributed by atoms with E-state index in [0.717, 1.165) is 16.8 Å². The Balaban J connectivity index is 2.22. The van der Waals surface area contributed by atoms with Gasteiger partial charge in [-0.3, -0.25) is 4.79 Å². The Morgan fingerprint density at radius 2 is 2.06 bits per heavy atom. The van der Waals surface area contributed by atoms with Crippen molar-refractivity contribution in [3.63, 3.8) is 0 Å². The topological polar surface area (TPSA) is 76.2 Å². The maximum Gasteiger partial charge on any atom is 0.277 e. The number of rotatable bonds is 4. The molecule has 3 N–H and O–H groups in total. The van der Waals surface area contributed by atoms with Crippen LogP contribution in [0.4, 0.5) is 0 Å². The highest BCUT2D eigenvalue weighted by atomic mass is 32.1. The second-order valence-corrected chi connectivity index (χ2v) is 4.47. The lowest BCUT2D eigenvalue weighted by Crippen LogP contribution is -2.10. The van der Waals surface area contributed by atoms with Crippen LogP contribution in [0.15, 0.2) is 29.6 Å². The van der Waals surface area contributed by atoms with Crippen molar-refractivity contribution in [3.8, 4) is 0 Å². The maximum atomic E-state index is 10.9. The molecule has 88 valence electrons. The van der Waals surface area contributed by atoms with Crippen LogP contribution in [0.2, 0.25) is 0 Å². The number of thiazole rings is 1. The van der Waals surface area contributed by atoms with Gasteiger partial charge in [0.05, 0.1) is 12.3 Å². The Hall–Kier alpha value is -1.72. The Morgan fingerprint density at radius 3 is 2.65 bits per heavy atom. The normalized spacial score (nSPS) is 10.4. The third-order valence-corrected chi connectivity index (χ3v) is 3.33. The summed E-state index contributed by atoms with van der Waals surface area (Å²) in [5, 5.41) is 11.3. The van der Waals surface area contributed by atoms with Gasteiger partial charge in [0.2, 0.25) is 0 Å². The molecule has 0 atom stereocenters. The highest BCUT2D eigenvalue weighted by molar-refractivity contribution is 7.11. The van der Waals surface area contributed by atoms with Crippen molar-refractivity contribution >= 4 is 17.2 Å². The van der Waals surface area contributed by atoms with Gasteiger partial charge < -0.3 is 10.8 Å². The Labute approximate surface area is 103 Å². The van der Waals surface area contributed by atoms with Crippen molar-refractivity contribution < 1.29 is 9.90 Å². The van der Waals surface area contributed by atoms with Crippen LogP contribution < -0.4 is 5.73 Å². The van der Waals surface area contributed by atoms with Crippen molar-refractivity contribution in [3.05, 3.63) is 51.5 Å².